The zero-order chi connectivity index (χ0) is 15.2. The first-order chi connectivity index (χ1) is 10.1. The quantitative estimate of drug-likeness (QED) is 0.917. The van der Waals surface area contributed by atoms with Crippen molar-refractivity contribution in [3.63, 3.8) is 0 Å². The molecule has 0 radical (unpaired) electrons. The van der Waals surface area contributed by atoms with E-state index in [1.54, 1.807) is 18.2 Å². The summed E-state index contributed by atoms with van der Waals surface area (Å²) in [4.78, 5) is 14.2. The summed E-state index contributed by atoms with van der Waals surface area (Å²) in [7, 11) is 0. The lowest BCUT2D eigenvalue weighted by Crippen LogP contribution is -2.23. The number of hydrogen-bond acceptors (Lipinski definition) is 4. The molecule has 0 bridgehead atoms. The third kappa shape index (κ3) is 3.78. The van der Waals surface area contributed by atoms with Crippen LogP contribution in [0.5, 0.6) is 0 Å². The maximum absolute atomic E-state index is 12.1. The molecule has 1 aromatic carbocycles. The Morgan fingerprint density at radius 2 is 1.71 bits per heavy atom. The molecule has 1 N–H and O–H groups in total. The highest BCUT2D eigenvalue weighted by atomic mass is 16.1. The summed E-state index contributed by atoms with van der Waals surface area (Å²) in [6.07, 6.45) is 0. The summed E-state index contributed by atoms with van der Waals surface area (Å²) in [6, 6.07) is 11.0. The number of aromatic nitrogens is 2. The van der Waals surface area contributed by atoms with Crippen LogP contribution in [0.25, 0.3) is 0 Å². The van der Waals surface area contributed by atoms with Gasteiger partial charge in [-0.25, -0.2) is 0 Å². The van der Waals surface area contributed by atoms with Crippen molar-refractivity contribution in [2.45, 2.75) is 20.8 Å². The Labute approximate surface area is 125 Å². The minimum atomic E-state index is -0.181. The summed E-state index contributed by atoms with van der Waals surface area (Å²) in [5.41, 5.74) is 1.73. The zero-order valence-corrected chi connectivity index (χ0v) is 12.6. The van der Waals surface area contributed by atoms with Crippen LogP contribution in [0.15, 0.2) is 36.4 Å². The summed E-state index contributed by atoms with van der Waals surface area (Å²) >= 11 is 0. The van der Waals surface area contributed by atoms with E-state index in [0.29, 0.717) is 11.4 Å². The highest BCUT2D eigenvalue weighted by Crippen LogP contribution is 2.12. The second-order valence-corrected chi connectivity index (χ2v) is 4.77. The molecule has 0 spiro atoms. The molecule has 5 heteroatoms. The molecule has 0 saturated heterocycles. The first-order valence-corrected chi connectivity index (χ1v) is 7.10. The van der Waals surface area contributed by atoms with Crippen molar-refractivity contribution in [1.82, 2.24) is 10.2 Å². The summed E-state index contributed by atoms with van der Waals surface area (Å²) in [6.45, 7) is 7.87. The van der Waals surface area contributed by atoms with Gasteiger partial charge in [-0.3, -0.25) is 4.79 Å². The molecule has 110 valence electrons. The van der Waals surface area contributed by atoms with Crippen LogP contribution in [0.2, 0.25) is 0 Å². The molecule has 1 aromatic heterocycles. The van der Waals surface area contributed by atoms with Crippen LogP contribution in [0.4, 0.5) is 11.6 Å². The number of benzene rings is 1. The topological polar surface area (TPSA) is 58.1 Å². The fraction of sp³-hybridized carbons (Fsp3) is 0.312. The Balaban J connectivity index is 2.06. The van der Waals surface area contributed by atoms with Gasteiger partial charge in [0.2, 0.25) is 0 Å². The van der Waals surface area contributed by atoms with Crippen molar-refractivity contribution in [1.29, 1.82) is 0 Å². The van der Waals surface area contributed by atoms with Crippen LogP contribution in [0.1, 0.15) is 29.8 Å². The van der Waals surface area contributed by atoms with Gasteiger partial charge in [-0.1, -0.05) is 17.7 Å². The second kappa shape index (κ2) is 6.83. The van der Waals surface area contributed by atoms with E-state index in [4.69, 9.17) is 0 Å². The van der Waals surface area contributed by atoms with E-state index in [1.165, 1.54) is 0 Å². The van der Waals surface area contributed by atoms with Gasteiger partial charge in [-0.05, 0) is 45.0 Å². The molecule has 0 aliphatic carbocycles. The number of amides is 1. The third-order valence-electron chi connectivity index (χ3n) is 3.29. The van der Waals surface area contributed by atoms with Gasteiger partial charge < -0.3 is 10.2 Å². The summed E-state index contributed by atoms with van der Waals surface area (Å²) < 4.78 is 0. The molecule has 1 amide bonds. The molecule has 0 unspecified atom stereocenters. The van der Waals surface area contributed by atoms with Crippen molar-refractivity contribution < 1.29 is 4.79 Å². The fourth-order valence-electron chi connectivity index (χ4n) is 2.00. The summed E-state index contributed by atoms with van der Waals surface area (Å²) in [5, 5.41) is 10.9. The minimum Gasteiger partial charge on any atom is -0.356 e. The third-order valence-corrected chi connectivity index (χ3v) is 3.29. The number of anilines is 2. The van der Waals surface area contributed by atoms with Crippen molar-refractivity contribution in [3.8, 4) is 0 Å². The lowest BCUT2D eigenvalue weighted by atomic mass is 10.1. The van der Waals surface area contributed by atoms with Gasteiger partial charge in [0.1, 0.15) is 0 Å². The van der Waals surface area contributed by atoms with E-state index in [0.717, 1.165) is 24.5 Å². The normalized spacial score (nSPS) is 10.2. The molecular formula is C16H20N4O. The number of nitrogens with zero attached hydrogens (tertiary/aromatic N) is 3. The average Bonchev–Trinajstić information content (AvgIpc) is 2.51. The number of carbonyl (C=O) groups is 1. The van der Waals surface area contributed by atoms with Crippen molar-refractivity contribution in [3.05, 3.63) is 47.5 Å². The van der Waals surface area contributed by atoms with Crippen LogP contribution in [0.3, 0.4) is 0 Å². The van der Waals surface area contributed by atoms with E-state index in [1.807, 2.05) is 25.1 Å². The molecule has 0 aliphatic rings. The maximum Gasteiger partial charge on any atom is 0.256 e. The Hall–Kier alpha value is -2.43. The van der Waals surface area contributed by atoms with E-state index in [9.17, 15) is 4.79 Å². The van der Waals surface area contributed by atoms with E-state index < -0.39 is 0 Å². The predicted octanol–water partition coefficient (Wildman–Crippen LogP) is 2.88. The summed E-state index contributed by atoms with van der Waals surface area (Å²) in [5.74, 6) is 1.09. The van der Waals surface area contributed by atoms with Gasteiger partial charge >= 0.3 is 0 Å². The smallest absolute Gasteiger partial charge is 0.256 e. The Bertz CT molecular complexity index is 589. The number of nitrogens with one attached hydrogen (secondary N) is 1. The molecular weight excluding hydrogens is 264 g/mol. The minimum absolute atomic E-state index is 0.181. The standard InChI is InChI=1S/C16H20N4O/c1-4-20(5-2)15-11-10-14(18-19-15)17-16(21)13-8-6-12(3)7-9-13/h6-11H,4-5H2,1-3H3,(H,17,18,21). The number of carbonyl (C=O) groups excluding carboxylic acids is 1. The fourth-order valence-corrected chi connectivity index (χ4v) is 2.00. The molecule has 1 heterocycles. The molecule has 5 nitrogen and oxygen atoms in total. The van der Waals surface area contributed by atoms with Crippen LogP contribution in [0, 0.1) is 6.92 Å². The first kappa shape index (κ1) is 15.0. The molecule has 0 aliphatic heterocycles. The van der Waals surface area contributed by atoms with E-state index >= 15 is 0 Å². The van der Waals surface area contributed by atoms with Crippen molar-refractivity contribution in [2.24, 2.45) is 0 Å². The predicted molar refractivity (Wildman–Crippen MR) is 84.7 cm³/mol. The molecule has 0 saturated carbocycles. The van der Waals surface area contributed by atoms with Gasteiger partial charge in [0.25, 0.3) is 5.91 Å². The van der Waals surface area contributed by atoms with Crippen LogP contribution >= 0.6 is 0 Å². The van der Waals surface area contributed by atoms with Gasteiger partial charge in [0.15, 0.2) is 11.6 Å². The molecule has 21 heavy (non-hydrogen) atoms. The van der Waals surface area contributed by atoms with E-state index in [-0.39, 0.29) is 5.91 Å². The number of hydrogen-bond donors (Lipinski definition) is 1. The number of rotatable bonds is 5. The highest BCUT2D eigenvalue weighted by Gasteiger charge is 2.08. The monoisotopic (exact) mass is 284 g/mol. The van der Waals surface area contributed by atoms with Crippen molar-refractivity contribution in [2.75, 3.05) is 23.3 Å². The van der Waals surface area contributed by atoms with Gasteiger partial charge in [-0.15, -0.1) is 10.2 Å². The Morgan fingerprint density at radius 1 is 1.05 bits per heavy atom. The van der Waals surface area contributed by atoms with Crippen LogP contribution in [-0.4, -0.2) is 29.2 Å². The molecule has 0 fully saturated rings. The SMILES string of the molecule is CCN(CC)c1ccc(NC(=O)c2ccc(C)cc2)nn1. The lowest BCUT2D eigenvalue weighted by molar-refractivity contribution is 0.102. The van der Waals surface area contributed by atoms with Crippen LogP contribution < -0.4 is 10.2 Å². The molecule has 2 aromatic rings. The van der Waals surface area contributed by atoms with Gasteiger partial charge in [0.05, 0.1) is 0 Å². The van der Waals surface area contributed by atoms with Gasteiger partial charge in [0, 0.05) is 18.7 Å². The van der Waals surface area contributed by atoms with Crippen molar-refractivity contribution >= 4 is 17.5 Å². The van der Waals surface area contributed by atoms with E-state index in [2.05, 4.69) is 34.3 Å². The highest BCUT2D eigenvalue weighted by molar-refractivity contribution is 6.03. The maximum atomic E-state index is 12.1. The molecule has 2 rings (SSSR count). The average molecular weight is 284 g/mol. The second-order valence-electron chi connectivity index (χ2n) is 4.77. The largest absolute Gasteiger partial charge is 0.356 e. The van der Waals surface area contributed by atoms with Gasteiger partial charge in [-0.2, -0.15) is 0 Å². The number of aryl methyl sites for hydroxylation is 1. The Morgan fingerprint density at radius 3 is 2.24 bits per heavy atom. The van der Waals surface area contributed by atoms with Crippen LogP contribution in [-0.2, 0) is 0 Å². The lowest BCUT2D eigenvalue weighted by Gasteiger charge is -2.18. The molecule has 0 atom stereocenters. The Kier molecular flexibility index (Phi) is 4.87. The zero-order valence-electron chi connectivity index (χ0n) is 12.6. The first-order valence-electron chi connectivity index (χ1n) is 7.10.